The Balaban J connectivity index is 2.43. The summed E-state index contributed by atoms with van der Waals surface area (Å²) in [6.07, 6.45) is 0.757. The summed E-state index contributed by atoms with van der Waals surface area (Å²) in [5, 5.41) is -0.00782. The lowest BCUT2D eigenvalue weighted by atomic mass is 10.1. The van der Waals surface area contributed by atoms with Gasteiger partial charge in [0.05, 0.1) is 17.4 Å². The lowest BCUT2D eigenvalue weighted by Gasteiger charge is -2.06. The fourth-order valence-electron chi connectivity index (χ4n) is 0.821. The maximum absolute atomic E-state index is 11.0. The molecule has 58 valence electrons. The van der Waals surface area contributed by atoms with Crippen molar-refractivity contribution in [2.45, 2.75) is 25.6 Å². The van der Waals surface area contributed by atoms with Crippen LogP contribution in [0.25, 0.3) is 0 Å². The van der Waals surface area contributed by atoms with E-state index in [1.807, 2.05) is 6.92 Å². The van der Waals surface area contributed by atoms with Crippen LogP contribution in [-0.4, -0.2) is 18.0 Å². The highest BCUT2D eigenvalue weighted by Gasteiger charge is 2.56. The zero-order valence-corrected chi connectivity index (χ0v) is 6.94. The van der Waals surface area contributed by atoms with Gasteiger partial charge in [-0.15, -0.1) is 11.6 Å². The van der Waals surface area contributed by atoms with Crippen LogP contribution in [0.3, 0.4) is 0 Å². The van der Waals surface area contributed by atoms with Gasteiger partial charge in [-0.2, -0.15) is 0 Å². The standard InChI is InChI=1S/C7H11ClO2/c1-3-10-6(9)7(2)4-5(7)8/h5H,3-4H2,1-2H3. The van der Waals surface area contributed by atoms with E-state index < -0.39 is 0 Å². The third kappa shape index (κ3) is 1.12. The van der Waals surface area contributed by atoms with Crippen molar-refractivity contribution in [1.82, 2.24) is 0 Å². The van der Waals surface area contributed by atoms with Crippen LogP contribution in [0, 0.1) is 5.41 Å². The number of alkyl halides is 1. The predicted octanol–water partition coefficient (Wildman–Crippen LogP) is 1.57. The normalized spacial score (nSPS) is 37.3. The molecular weight excluding hydrogens is 152 g/mol. The summed E-state index contributed by atoms with van der Waals surface area (Å²) in [7, 11) is 0. The average Bonchev–Trinajstić information content (AvgIpc) is 2.43. The molecule has 1 aliphatic rings. The van der Waals surface area contributed by atoms with Gasteiger partial charge in [0, 0.05) is 0 Å². The van der Waals surface area contributed by atoms with E-state index in [4.69, 9.17) is 16.3 Å². The van der Waals surface area contributed by atoms with E-state index in [-0.39, 0.29) is 16.8 Å². The van der Waals surface area contributed by atoms with E-state index in [1.165, 1.54) is 0 Å². The van der Waals surface area contributed by atoms with Crippen molar-refractivity contribution in [1.29, 1.82) is 0 Å². The van der Waals surface area contributed by atoms with Gasteiger partial charge in [-0.3, -0.25) is 4.79 Å². The van der Waals surface area contributed by atoms with E-state index >= 15 is 0 Å². The third-order valence-electron chi connectivity index (χ3n) is 1.88. The van der Waals surface area contributed by atoms with Crippen molar-refractivity contribution >= 4 is 17.6 Å². The van der Waals surface area contributed by atoms with Crippen LogP contribution in [0.15, 0.2) is 0 Å². The maximum Gasteiger partial charge on any atom is 0.313 e. The second kappa shape index (κ2) is 2.42. The molecule has 1 saturated carbocycles. The molecule has 0 amide bonds. The Morgan fingerprint density at radius 1 is 1.90 bits per heavy atom. The number of rotatable bonds is 2. The molecule has 0 aromatic rings. The van der Waals surface area contributed by atoms with Crippen LogP contribution in [0.4, 0.5) is 0 Å². The van der Waals surface area contributed by atoms with Crippen molar-refractivity contribution in [3.05, 3.63) is 0 Å². The van der Waals surface area contributed by atoms with Crippen LogP contribution >= 0.6 is 11.6 Å². The highest BCUT2D eigenvalue weighted by atomic mass is 35.5. The van der Waals surface area contributed by atoms with Crippen LogP contribution in [0.2, 0.25) is 0 Å². The van der Waals surface area contributed by atoms with E-state index in [1.54, 1.807) is 6.92 Å². The highest BCUT2D eigenvalue weighted by Crippen LogP contribution is 2.50. The van der Waals surface area contributed by atoms with Gasteiger partial charge in [0.25, 0.3) is 0 Å². The Labute approximate surface area is 65.5 Å². The van der Waals surface area contributed by atoms with Crippen LogP contribution in [-0.2, 0) is 9.53 Å². The zero-order valence-electron chi connectivity index (χ0n) is 6.19. The van der Waals surface area contributed by atoms with Crippen LogP contribution in [0.5, 0.6) is 0 Å². The van der Waals surface area contributed by atoms with Gasteiger partial charge in [-0.25, -0.2) is 0 Å². The number of esters is 1. The topological polar surface area (TPSA) is 26.3 Å². The molecule has 10 heavy (non-hydrogen) atoms. The number of carbonyl (C=O) groups excluding carboxylic acids is 1. The van der Waals surface area contributed by atoms with Gasteiger partial charge in [-0.1, -0.05) is 0 Å². The molecule has 2 unspecified atom stereocenters. The maximum atomic E-state index is 11.0. The first-order valence-electron chi connectivity index (χ1n) is 3.42. The zero-order chi connectivity index (χ0) is 7.78. The molecule has 0 bridgehead atoms. The van der Waals surface area contributed by atoms with E-state index in [0.717, 1.165) is 6.42 Å². The lowest BCUT2D eigenvalue weighted by molar-refractivity contribution is -0.148. The quantitative estimate of drug-likeness (QED) is 0.455. The molecule has 0 N–H and O–H groups in total. The Morgan fingerprint density at radius 2 is 2.40 bits per heavy atom. The van der Waals surface area contributed by atoms with Gasteiger partial charge >= 0.3 is 5.97 Å². The Bertz CT molecular complexity index is 158. The molecule has 3 heteroatoms. The second-order valence-electron chi connectivity index (χ2n) is 2.81. The summed E-state index contributed by atoms with van der Waals surface area (Å²) >= 11 is 5.72. The molecular formula is C7H11ClO2. The van der Waals surface area contributed by atoms with Gasteiger partial charge in [-0.05, 0) is 20.3 Å². The average molecular weight is 163 g/mol. The second-order valence-corrected chi connectivity index (χ2v) is 3.34. The minimum absolute atomic E-state index is 0.00782. The lowest BCUT2D eigenvalue weighted by Crippen LogP contribution is -2.17. The van der Waals surface area contributed by atoms with Crippen molar-refractivity contribution < 1.29 is 9.53 Å². The first kappa shape index (κ1) is 7.86. The fourth-order valence-corrected chi connectivity index (χ4v) is 1.23. The van der Waals surface area contributed by atoms with Crippen molar-refractivity contribution in [3.63, 3.8) is 0 Å². The molecule has 2 nitrogen and oxygen atoms in total. The van der Waals surface area contributed by atoms with Gasteiger partial charge in [0.15, 0.2) is 0 Å². The summed E-state index contributed by atoms with van der Waals surface area (Å²) in [5.41, 5.74) is -0.377. The molecule has 0 spiro atoms. The molecule has 0 aromatic heterocycles. The minimum atomic E-state index is -0.377. The van der Waals surface area contributed by atoms with Crippen LogP contribution < -0.4 is 0 Å². The molecule has 0 saturated heterocycles. The van der Waals surface area contributed by atoms with E-state index in [2.05, 4.69) is 0 Å². The first-order chi connectivity index (χ1) is 4.61. The third-order valence-corrected chi connectivity index (χ3v) is 2.51. The smallest absolute Gasteiger partial charge is 0.313 e. The Hall–Kier alpha value is -0.240. The molecule has 0 radical (unpaired) electrons. The van der Waals surface area contributed by atoms with Gasteiger partial charge in [0.2, 0.25) is 0 Å². The summed E-state index contributed by atoms with van der Waals surface area (Å²) in [6, 6.07) is 0. The number of ether oxygens (including phenoxy) is 1. The molecule has 1 rings (SSSR count). The highest BCUT2D eigenvalue weighted by molar-refractivity contribution is 6.25. The van der Waals surface area contributed by atoms with Crippen molar-refractivity contribution in [2.24, 2.45) is 5.41 Å². The number of hydrogen-bond donors (Lipinski definition) is 0. The fraction of sp³-hybridized carbons (Fsp3) is 0.857. The first-order valence-corrected chi connectivity index (χ1v) is 3.86. The van der Waals surface area contributed by atoms with Gasteiger partial charge in [0.1, 0.15) is 0 Å². The molecule has 0 aromatic carbocycles. The summed E-state index contributed by atoms with van der Waals surface area (Å²) in [6.45, 7) is 4.08. The van der Waals surface area contributed by atoms with Crippen molar-refractivity contribution in [2.75, 3.05) is 6.61 Å². The Morgan fingerprint density at radius 3 is 2.70 bits per heavy atom. The van der Waals surface area contributed by atoms with E-state index in [9.17, 15) is 4.79 Å². The van der Waals surface area contributed by atoms with E-state index in [0.29, 0.717) is 6.61 Å². The summed E-state index contributed by atoms with van der Waals surface area (Å²) in [5.74, 6) is -0.157. The SMILES string of the molecule is CCOC(=O)C1(C)CC1Cl. The molecule has 2 atom stereocenters. The molecule has 0 heterocycles. The Kier molecular flexibility index (Phi) is 1.90. The van der Waals surface area contributed by atoms with Gasteiger partial charge < -0.3 is 4.74 Å². The number of hydrogen-bond acceptors (Lipinski definition) is 2. The van der Waals surface area contributed by atoms with Crippen LogP contribution in [0.1, 0.15) is 20.3 Å². The summed E-state index contributed by atoms with van der Waals surface area (Å²) in [4.78, 5) is 11.0. The minimum Gasteiger partial charge on any atom is -0.466 e. The monoisotopic (exact) mass is 162 g/mol. The largest absolute Gasteiger partial charge is 0.466 e. The predicted molar refractivity (Wildman–Crippen MR) is 39.0 cm³/mol. The molecule has 0 aliphatic heterocycles. The number of carbonyl (C=O) groups is 1. The van der Waals surface area contributed by atoms with Crippen molar-refractivity contribution in [3.8, 4) is 0 Å². The molecule has 1 aliphatic carbocycles. The summed E-state index contributed by atoms with van der Waals surface area (Å²) < 4.78 is 4.82. The number of halogens is 1. The molecule has 1 fully saturated rings.